The SMILES string of the molecule is C=C/C=C(CCCCCCS)\C(=C/CC1CCC(C2CCC(CCCCC)CC2)CC1)OCC(=C)C. The molecule has 2 fully saturated rings. The maximum atomic E-state index is 6.28. The van der Waals surface area contributed by atoms with Gasteiger partial charge >= 0.3 is 0 Å². The molecule has 0 unspecified atom stereocenters. The Hall–Kier alpha value is -0.890. The van der Waals surface area contributed by atoms with Crippen LogP contribution in [0.4, 0.5) is 0 Å². The van der Waals surface area contributed by atoms with Gasteiger partial charge in [-0.15, -0.1) is 0 Å². The summed E-state index contributed by atoms with van der Waals surface area (Å²) >= 11 is 4.35. The van der Waals surface area contributed by atoms with Crippen molar-refractivity contribution in [2.75, 3.05) is 12.4 Å². The summed E-state index contributed by atoms with van der Waals surface area (Å²) in [5.41, 5.74) is 2.38. The van der Waals surface area contributed by atoms with Crippen molar-refractivity contribution in [3.05, 3.63) is 48.3 Å². The van der Waals surface area contributed by atoms with E-state index in [0.29, 0.717) is 6.61 Å². The minimum Gasteiger partial charge on any atom is -0.489 e. The van der Waals surface area contributed by atoms with Gasteiger partial charge in [0.25, 0.3) is 0 Å². The van der Waals surface area contributed by atoms with E-state index in [9.17, 15) is 0 Å². The lowest BCUT2D eigenvalue weighted by molar-refractivity contribution is 0.143. The van der Waals surface area contributed by atoms with Gasteiger partial charge in [-0.3, -0.25) is 0 Å². The molecule has 0 bridgehead atoms. The van der Waals surface area contributed by atoms with Crippen LogP contribution in [-0.2, 0) is 4.74 Å². The lowest BCUT2D eigenvalue weighted by atomic mass is 9.68. The second-order valence-corrected chi connectivity index (χ2v) is 12.4. The molecule has 36 heavy (non-hydrogen) atoms. The molecule has 0 amide bonds. The van der Waals surface area contributed by atoms with E-state index in [1.54, 1.807) is 0 Å². The standard InChI is InChI=1S/C34H58OS/c1-5-7-10-14-29-16-21-31(22-17-29)32-23-18-30(19-24-32)20-25-34(35-27-28(3)4)33(13-6-2)15-11-8-9-12-26-36/h6,13,25,29-32,36H,2-3,5,7-12,14-24,26-27H2,1,4H3/b33-13-,34-25+. The molecule has 0 aliphatic heterocycles. The second-order valence-electron chi connectivity index (χ2n) is 11.9. The van der Waals surface area contributed by atoms with Crippen LogP contribution in [0.25, 0.3) is 0 Å². The van der Waals surface area contributed by atoms with Gasteiger partial charge in [0.1, 0.15) is 12.4 Å². The summed E-state index contributed by atoms with van der Waals surface area (Å²) in [6, 6.07) is 0. The van der Waals surface area contributed by atoms with Gasteiger partial charge < -0.3 is 4.74 Å². The van der Waals surface area contributed by atoms with Crippen molar-refractivity contribution in [3.63, 3.8) is 0 Å². The molecule has 0 saturated heterocycles. The van der Waals surface area contributed by atoms with Crippen LogP contribution in [0.15, 0.2) is 48.3 Å². The molecule has 2 saturated carbocycles. The third-order valence-electron chi connectivity index (χ3n) is 8.77. The van der Waals surface area contributed by atoms with Gasteiger partial charge in [0.15, 0.2) is 0 Å². The van der Waals surface area contributed by atoms with E-state index < -0.39 is 0 Å². The molecular formula is C34H58OS. The number of hydrogen-bond acceptors (Lipinski definition) is 2. The van der Waals surface area contributed by atoms with Gasteiger partial charge in [0.2, 0.25) is 0 Å². The normalized spacial score (nSPS) is 25.5. The zero-order valence-corrected chi connectivity index (χ0v) is 24.8. The maximum Gasteiger partial charge on any atom is 0.119 e. The number of rotatable bonds is 18. The number of hydrogen-bond donors (Lipinski definition) is 1. The number of ether oxygens (including phenoxy) is 1. The Labute approximate surface area is 230 Å². The van der Waals surface area contributed by atoms with Crippen molar-refractivity contribution >= 4 is 12.6 Å². The van der Waals surface area contributed by atoms with Crippen LogP contribution in [0, 0.1) is 23.7 Å². The quantitative estimate of drug-likeness (QED) is 0.0629. The summed E-state index contributed by atoms with van der Waals surface area (Å²) in [4.78, 5) is 0. The fraction of sp³-hybridized carbons (Fsp3) is 0.765. The van der Waals surface area contributed by atoms with E-state index in [4.69, 9.17) is 4.74 Å². The van der Waals surface area contributed by atoms with Crippen LogP contribution in [-0.4, -0.2) is 12.4 Å². The third-order valence-corrected chi connectivity index (χ3v) is 9.08. The fourth-order valence-electron chi connectivity index (χ4n) is 6.50. The maximum absolute atomic E-state index is 6.28. The Bertz CT molecular complexity index is 659. The molecular weight excluding hydrogens is 456 g/mol. The fourth-order valence-corrected chi connectivity index (χ4v) is 6.72. The highest BCUT2D eigenvalue weighted by Gasteiger charge is 2.30. The summed E-state index contributed by atoms with van der Waals surface area (Å²) in [6.45, 7) is 13.0. The summed E-state index contributed by atoms with van der Waals surface area (Å²) in [6.07, 6.45) is 31.1. The lowest BCUT2D eigenvalue weighted by Gasteiger charge is -2.38. The van der Waals surface area contributed by atoms with Crippen molar-refractivity contribution in [3.8, 4) is 0 Å². The largest absolute Gasteiger partial charge is 0.489 e. The molecule has 1 nitrogen and oxygen atoms in total. The Morgan fingerprint density at radius 3 is 2.08 bits per heavy atom. The highest BCUT2D eigenvalue weighted by Crippen LogP contribution is 2.43. The van der Waals surface area contributed by atoms with Gasteiger partial charge in [-0.05, 0) is 118 Å². The second kappa shape index (κ2) is 19.2. The topological polar surface area (TPSA) is 9.23 Å². The van der Waals surface area contributed by atoms with E-state index in [-0.39, 0.29) is 0 Å². The highest BCUT2D eigenvalue weighted by atomic mass is 32.1. The molecule has 206 valence electrons. The highest BCUT2D eigenvalue weighted by molar-refractivity contribution is 7.80. The van der Waals surface area contributed by atoms with Crippen molar-refractivity contribution < 1.29 is 4.74 Å². The predicted molar refractivity (Wildman–Crippen MR) is 164 cm³/mol. The molecule has 0 aromatic carbocycles. The van der Waals surface area contributed by atoms with E-state index in [1.807, 2.05) is 13.0 Å². The molecule has 2 heteroatoms. The molecule has 0 aromatic heterocycles. The molecule has 2 aliphatic rings. The summed E-state index contributed by atoms with van der Waals surface area (Å²) < 4.78 is 6.28. The molecule has 0 N–H and O–H groups in total. The smallest absolute Gasteiger partial charge is 0.119 e. The number of unbranched alkanes of at least 4 members (excludes halogenated alkanes) is 5. The zero-order valence-electron chi connectivity index (χ0n) is 24.0. The summed E-state index contributed by atoms with van der Waals surface area (Å²) in [7, 11) is 0. The van der Waals surface area contributed by atoms with E-state index in [1.165, 1.54) is 108 Å². The van der Waals surface area contributed by atoms with Crippen LogP contribution in [0.3, 0.4) is 0 Å². The van der Waals surface area contributed by atoms with Crippen LogP contribution in [0.1, 0.15) is 129 Å². The first-order chi connectivity index (χ1) is 17.6. The molecule has 0 atom stereocenters. The third kappa shape index (κ3) is 12.6. The van der Waals surface area contributed by atoms with Crippen LogP contribution < -0.4 is 0 Å². The van der Waals surface area contributed by atoms with Gasteiger partial charge in [-0.25, -0.2) is 0 Å². The molecule has 0 spiro atoms. The first kappa shape index (κ1) is 31.3. The van der Waals surface area contributed by atoms with Crippen molar-refractivity contribution in [2.24, 2.45) is 23.7 Å². The van der Waals surface area contributed by atoms with E-state index in [0.717, 1.165) is 53.6 Å². The Morgan fingerprint density at radius 1 is 0.861 bits per heavy atom. The van der Waals surface area contributed by atoms with E-state index in [2.05, 4.69) is 44.9 Å². The molecule has 0 heterocycles. The van der Waals surface area contributed by atoms with Gasteiger partial charge in [-0.1, -0.05) is 83.6 Å². The van der Waals surface area contributed by atoms with Crippen molar-refractivity contribution in [1.29, 1.82) is 0 Å². The van der Waals surface area contributed by atoms with Crippen molar-refractivity contribution in [2.45, 2.75) is 129 Å². The Kier molecular flexibility index (Phi) is 16.7. The lowest BCUT2D eigenvalue weighted by Crippen LogP contribution is -2.25. The average molecular weight is 515 g/mol. The summed E-state index contributed by atoms with van der Waals surface area (Å²) in [5.74, 6) is 5.93. The molecule has 2 rings (SSSR count). The monoisotopic (exact) mass is 514 g/mol. The Morgan fingerprint density at radius 2 is 1.50 bits per heavy atom. The predicted octanol–water partition coefficient (Wildman–Crippen LogP) is 11.0. The first-order valence-corrected chi connectivity index (χ1v) is 16.1. The van der Waals surface area contributed by atoms with Gasteiger partial charge in [0.05, 0.1) is 0 Å². The minimum absolute atomic E-state index is 0.605. The number of allylic oxidation sites excluding steroid dienone is 4. The van der Waals surface area contributed by atoms with Crippen LogP contribution >= 0.6 is 12.6 Å². The first-order valence-electron chi connectivity index (χ1n) is 15.5. The van der Waals surface area contributed by atoms with Crippen molar-refractivity contribution in [1.82, 2.24) is 0 Å². The molecule has 0 radical (unpaired) electrons. The molecule has 2 aliphatic carbocycles. The van der Waals surface area contributed by atoms with Crippen LogP contribution in [0.5, 0.6) is 0 Å². The summed E-state index contributed by atoms with van der Waals surface area (Å²) in [5, 5.41) is 0. The molecule has 0 aromatic rings. The minimum atomic E-state index is 0.605. The van der Waals surface area contributed by atoms with Crippen LogP contribution in [0.2, 0.25) is 0 Å². The van der Waals surface area contributed by atoms with Gasteiger partial charge in [-0.2, -0.15) is 12.6 Å². The van der Waals surface area contributed by atoms with Gasteiger partial charge in [0, 0.05) is 0 Å². The van der Waals surface area contributed by atoms with E-state index >= 15 is 0 Å². The average Bonchev–Trinajstić information content (AvgIpc) is 2.89. The number of thiol groups is 1. The Balaban J connectivity index is 1.83. The zero-order chi connectivity index (χ0) is 26.0.